The Morgan fingerprint density at radius 2 is 1.93 bits per heavy atom. The molecule has 0 fully saturated rings. The number of benzene rings is 2. The summed E-state index contributed by atoms with van der Waals surface area (Å²) in [4.78, 5) is 27.8. The number of nitrogens with zero attached hydrogens (tertiary/aromatic N) is 3. The number of fused-ring (bicyclic) bond motifs is 1. The summed E-state index contributed by atoms with van der Waals surface area (Å²) in [5.41, 5.74) is 2.74. The van der Waals surface area contributed by atoms with Crippen LogP contribution in [0, 0.1) is 0 Å². The van der Waals surface area contributed by atoms with Gasteiger partial charge in [-0.05, 0) is 36.8 Å². The van der Waals surface area contributed by atoms with Gasteiger partial charge in [0.2, 0.25) is 0 Å². The molecule has 7 heteroatoms. The molecule has 29 heavy (non-hydrogen) atoms. The molecule has 0 saturated carbocycles. The quantitative estimate of drug-likeness (QED) is 0.721. The molecular formula is C22H23N3O4. The number of carbonyl (C=O) groups is 1. The summed E-state index contributed by atoms with van der Waals surface area (Å²) in [6, 6.07) is 15.8. The Bertz CT molecular complexity index is 1090. The number of hydrogen-bond acceptors (Lipinski definition) is 4. The van der Waals surface area contributed by atoms with Crippen LogP contribution in [0.25, 0.3) is 5.69 Å². The molecular weight excluding hydrogens is 370 g/mol. The molecule has 1 aliphatic heterocycles. The van der Waals surface area contributed by atoms with Gasteiger partial charge in [0.25, 0.3) is 11.5 Å². The number of aromatic hydroxyl groups is 1. The van der Waals surface area contributed by atoms with Crippen LogP contribution in [0.3, 0.4) is 0 Å². The highest BCUT2D eigenvalue weighted by molar-refractivity contribution is 5.94. The Morgan fingerprint density at radius 3 is 2.66 bits per heavy atom. The van der Waals surface area contributed by atoms with Crippen LogP contribution in [-0.4, -0.2) is 45.5 Å². The Kier molecular flexibility index (Phi) is 5.22. The number of methoxy groups -OCH3 is 1. The minimum atomic E-state index is -0.162. The summed E-state index contributed by atoms with van der Waals surface area (Å²) in [6.07, 6.45) is 0.492. The maximum absolute atomic E-state index is 13.2. The third-order valence-electron chi connectivity index (χ3n) is 5.21. The molecule has 2 heterocycles. The van der Waals surface area contributed by atoms with Gasteiger partial charge in [0, 0.05) is 24.8 Å². The zero-order valence-electron chi connectivity index (χ0n) is 16.2. The van der Waals surface area contributed by atoms with Crippen molar-refractivity contribution in [1.82, 2.24) is 14.3 Å². The van der Waals surface area contributed by atoms with E-state index in [-0.39, 0.29) is 17.2 Å². The molecule has 7 nitrogen and oxygen atoms in total. The standard InChI is InChI=1S/C22H23N3O4/c1-29-13-12-24-20-15-23(21(27)16-6-5-9-18(26)14-16)11-10-19(20)22(28)25(24)17-7-3-2-4-8-17/h2-9,14,26H,10-13,15H2,1H3. The number of amides is 1. The molecule has 1 aliphatic rings. The third-order valence-corrected chi connectivity index (χ3v) is 5.21. The number of carbonyl (C=O) groups excluding carboxylic acids is 1. The smallest absolute Gasteiger partial charge is 0.274 e. The van der Waals surface area contributed by atoms with E-state index in [0.29, 0.717) is 38.2 Å². The van der Waals surface area contributed by atoms with Gasteiger partial charge in [-0.2, -0.15) is 0 Å². The second-order valence-electron chi connectivity index (χ2n) is 7.02. The molecule has 0 bridgehead atoms. The molecule has 3 aromatic rings. The van der Waals surface area contributed by atoms with Crippen molar-refractivity contribution in [2.45, 2.75) is 19.5 Å². The van der Waals surface area contributed by atoms with Crippen LogP contribution in [-0.2, 0) is 24.2 Å². The molecule has 0 saturated heterocycles. The molecule has 1 N–H and O–H groups in total. The Hall–Kier alpha value is -3.32. The number of para-hydroxylation sites is 1. The van der Waals surface area contributed by atoms with Crippen LogP contribution in [0.4, 0.5) is 0 Å². The minimum Gasteiger partial charge on any atom is -0.508 e. The highest BCUT2D eigenvalue weighted by atomic mass is 16.5. The normalized spacial score (nSPS) is 13.3. The number of aromatic nitrogens is 2. The number of rotatable bonds is 5. The average molecular weight is 393 g/mol. The van der Waals surface area contributed by atoms with E-state index in [1.165, 1.54) is 12.1 Å². The van der Waals surface area contributed by atoms with E-state index in [0.717, 1.165) is 16.9 Å². The van der Waals surface area contributed by atoms with Crippen molar-refractivity contribution in [3.8, 4) is 11.4 Å². The maximum atomic E-state index is 13.2. The zero-order chi connectivity index (χ0) is 20.4. The fourth-order valence-corrected chi connectivity index (χ4v) is 3.81. The highest BCUT2D eigenvalue weighted by Gasteiger charge is 2.29. The number of hydrogen-bond donors (Lipinski definition) is 1. The lowest BCUT2D eigenvalue weighted by Crippen LogP contribution is -2.37. The number of phenols is 1. The third kappa shape index (κ3) is 3.56. The van der Waals surface area contributed by atoms with Crippen molar-refractivity contribution in [1.29, 1.82) is 0 Å². The summed E-state index contributed by atoms with van der Waals surface area (Å²) >= 11 is 0. The first-order chi connectivity index (χ1) is 14.1. The van der Waals surface area contributed by atoms with Crippen molar-refractivity contribution in [3.63, 3.8) is 0 Å². The summed E-state index contributed by atoms with van der Waals surface area (Å²) in [5.74, 6) is -0.106. The first-order valence-corrected chi connectivity index (χ1v) is 9.56. The van der Waals surface area contributed by atoms with Gasteiger partial charge >= 0.3 is 0 Å². The van der Waals surface area contributed by atoms with E-state index in [4.69, 9.17) is 4.74 Å². The van der Waals surface area contributed by atoms with Gasteiger partial charge < -0.3 is 14.7 Å². The summed E-state index contributed by atoms with van der Waals surface area (Å²) in [5, 5.41) is 9.69. The average Bonchev–Trinajstić information content (AvgIpc) is 3.03. The number of phenolic OH excluding ortho intramolecular Hbond substituents is 1. The second kappa shape index (κ2) is 7.97. The van der Waals surface area contributed by atoms with E-state index in [1.54, 1.807) is 28.8 Å². The molecule has 2 aromatic carbocycles. The van der Waals surface area contributed by atoms with Crippen molar-refractivity contribution >= 4 is 5.91 Å². The maximum Gasteiger partial charge on any atom is 0.274 e. The second-order valence-corrected chi connectivity index (χ2v) is 7.02. The van der Waals surface area contributed by atoms with Crippen LogP contribution in [0.15, 0.2) is 59.4 Å². The van der Waals surface area contributed by atoms with Crippen molar-refractivity contribution < 1.29 is 14.6 Å². The largest absolute Gasteiger partial charge is 0.508 e. The molecule has 0 spiro atoms. The van der Waals surface area contributed by atoms with E-state index in [9.17, 15) is 14.7 Å². The van der Waals surface area contributed by atoms with E-state index >= 15 is 0 Å². The zero-order valence-corrected chi connectivity index (χ0v) is 16.2. The van der Waals surface area contributed by atoms with Crippen molar-refractivity contribution in [3.05, 3.63) is 81.8 Å². The summed E-state index contributed by atoms with van der Waals surface area (Å²) < 4.78 is 8.84. The molecule has 150 valence electrons. The topological polar surface area (TPSA) is 76.7 Å². The Morgan fingerprint density at radius 1 is 1.14 bits per heavy atom. The van der Waals surface area contributed by atoms with Gasteiger partial charge in [-0.1, -0.05) is 24.3 Å². The molecule has 0 unspecified atom stereocenters. The van der Waals surface area contributed by atoms with Crippen LogP contribution < -0.4 is 5.56 Å². The number of ether oxygens (including phenoxy) is 1. The predicted molar refractivity (Wildman–Crippen MR) is 108 cm³/mol. The fourth-order valence-electron chi connectivity index (χ4n) is 3.81. The van der Waals surface area contributed by atoms with Gasteiger partial charge in [0.1, 0.15) is 5.75 Å². The molecule has 0 atom stereocenters. The molecule has 1 amide bonds. The van der Waals surface area contributed by atoms with Crippen LogP contribution in [0.5, 0.6) is 5.75 Å². The Balaban J connectivity index is 1.73. The highest BCUT2D eigenvalue weighted by Crippen LogP contribution is 2.22. The SMILES string of the molecule is COCCn1c2c(c(=O)n1-c1ccccc1)CCN(C(=O)c1cccc(O)c1)C2. The van der Waals surface area contributed by atoms with Gasteiger partial charge in [0.05, 0.1) is 31.1 Å². The van der Waals surface area contributed by atoms with E-state index in [2.05, 4.69) is 0 Å². The lowest BCUT2D eigenvalue weighted by Gasteiger charge is -2.28. The predicted octanol–water partition coefficient (Wildman–Crippen LogP) is 2.19. The van der Waals surface area contributed by atoms with E-state index < -0.39 is 0 Å². The lowest BCUT2D eigenvalue weighted by atomic mass is 10.1. The van der Waals surface area contributed by atoms with Crippen molar-refractivity contribution in [2.75, 3.05) is 20.3 Å². The van der Waals surface area contributed by atoms with Crippen LogP contribution >= 0.6 is 0 Å². The molecule has 1 aromatic heterocycles. The fraction of sp³-hybridized carbons (Fsp3) is 0.273. The Labute approximate surface area is 168 Å². The first-order valence-electron chi connectivity index (χ1n) is 9.56. The summed E-state index contributed by atoms with van der Waals surface area (Å²) in [7, 11) is 1.62. The molecule has 4 rings (SSSR count). The molecule has 0 radical (unpaired) electrons. The van der Waals surface area contributed by atoms with Crippen molar-refractivity contribution in [2.24, 2.45) is 0 Å². The monoisotopic (exact) mass is 393 g/mol. The lowest BCUT2D eigenvalue weighted by molar-refractivity contribution is 0.0727. The van der Waals surface area contributed by atoms with Gasteiger partial charge in [-0.3, -0.25) is 14.3 Å². The van der Waals surface area contributed by atoms with Gasteiger partial charge in [-0.25, -0.2) is 4.68 Å². The molecule has 0 aliphatic carbocycles. The van der Waals surface area contributed by atoms with Gasteiger partial charge in [-0.15, -0.1) is 0 Å². The summed E-state index contributed by atoms with van der Waals surface area (Å²) in [6.45, 7) is 1.75. The minimum absolute atomic E-state index is 0.0493. The van der Waals surface area contributed by atoms with Crippen LogP contribution in [0.1, 0.15) is 21.6 Å². The first kappa shape index (κ1) is 19.0. The van der Waals surface area contributed by atoms with E-state index in [1.807, 2.05) is 35.0 Å². The van der Waals surface area contributed by atoms with Crippen LogP contribution in [0.2, 0.25) is 0 Å². The van der Waals surface area contributed by atoms with Gasteiger partial charge in [0.15, 0.2) is 0 Å².